The highest BCUT2D eigenvalue weighted by atomic mass is 16.4. The van der Waals surface area contributed by atoms with E-state index in [9.17, 15) is 0 Å². The van der Waals surface area contributed by atoms with Crippen LogP contribution < -0.4 is 11.1 Å². The molecule has 0 saturated carbocycles. The summed E-state index contributed by atoms with van der Waals surface area (Å²) in [5.41, 5.74) is 5.36. The first kappa shape index (κ1) is 10.2. The SMILES string of the molecule is CCCNCC(C)C(N)=NO. The largest absolute Gasteiger partial charge is 0.409 e. The Morgan fingerprint density at radius 3 is 2.82 bits per heavy atom. The van der Waals surface area contributed by atoms with Gasteiger partial charge in [0.15, 0.2) is 0 Å². The van der Waals surface area contributed by atoms with Gasteiger partial charge in [-0.25, -0.2) is 0 Å². The molecule has 4 heteroatoms. The lowest BCUT2D eigenvalue weighted by molar-refractivity contribution is 0.314. The molecule has 0 heterocycles. The Kier molecular flexibility index (Phi) is 5.56. The topological polar surface area (TPSA) is 70.6 Å². The number of nitrogens with zero attached hydrogens (tertiary/aromatic N) is 1. The van der Waals surface area contributed by atoms with Crippen molar-refractivity contribution in [2.45, 2.75) is 20.3 Å². The third-order valence-corrected chi connectivity index (χ3v) is 1.50. The molecular weight excluding hydrogens is 142 g/mol. The van der Waals surface area contributed by atoms with Gasteiger partial charge in [-0.3, -0.25) is 0 Å². The van der Waals surface area contributed by atoms with Crippen molar-refractivity contribution in [1.29, 1.82) is 0 Å². The number of hydrogen-bond donors (Lipinski definition) is 3. The molecule has 66 valence electrons. The van der Waals surface area contributed by atoms with E-state index in [2.05, 4.69) is 17.4 Å². The second kappa shape index (κ2) is 5.97. The molecule has 0 aliphatic carbocycles. The van der Waals surface area contributed by atoms with Crippen LogP contribution >= 0.6 is 0 Å². The minimum Gasteiger partial charge on any atom is -0.409 e. The van der Waals surface area contributed by atoms with Crippen LogP contribution in [-0.4, -0.2) is 24.1 Å². The van der Waals surface area contributed by atoms with Gasteiger partial charge in [0.25, 0.3) is 0 Å². The summed E-state index contributed by atoms with van der Waals surface area (Å²) in [7, 11) is 0. The molecule has 0 fully saturated rings. The van der Waals surface area contributed by atoms with E-state index in [1.165, 1.54) is 0 Å². The maximum atomic E-state index is 8.30. The van der Waals surface area contributed by atoms with Crippen molar-refractivity contribution < 1.29 is 5.21 Å². The summed E-state index contributed by atoms with van der Waals surface area (Å²) in [6, 6.07) is 0. The van der Waals surface area contributed by atoms with Crippen LogP contribution in [0.3, 0.4) is 0 Å². The Bertz CT molecular complexity index is 125. The van der Waals surface area contributed by atoms with Gasteiger partial charge < -0.3 is 16.3 Å². The third-order valence-electron chi connectivity index (χ3n) is 1.50. The molecule has 1 unspecified atom stereocenters. The molecule has 0 aromatic heterocycles. The normalized spacial score (nSPS) is 14.9. The zero-order valence-electron chi connectivity index (χ0n) is 7.17. The first-order valence-electron chi connectivity index (χ1n) is 3.90. The molecule has 0 aromatic carbocycles. The van der Waals surface area contributed by atoms with Crippen LogP contribution in [-0.2, 0) is 0 Å². The van der Waals surface area contributed by atoms with Gasteiger partial charge in [0.05, 0.1) is 0 Å². The summed E-state index contributed by atoms with van der Waals surface area (Å²) in [5.74, 6) is 0.389. The van der Waals surface area contributed by atoms with Crippen LogP contribution in [0.25, 0.3) is 0 Å². The Morgan fingerprint density at radius 1 is 1.73 bits per heavy atom. The van der Waals surface area contributed by atoms with E-state index in [4.69, 9.17) is 10.9 Å². The van der Waals surface area contributed by atoms with Crippen LogP contribution in [0.2, 0.25) is 0 Å². The summed E-state index contributed by atoms with van der Waals surface area (Å²) in [6.07, 6.45) is 1.10. The van der Waals surface area contributed by atoms with E-state index < -0.39 is 0 Å². The smallest absolute Gasteiger partial charge is 0.143 e. The van der Waals surface area contributed by atoms with Gasteiger partial charge in [-0.2, -0.15) is 0 Å². The van der Waals surface area contributed by atoms with E-state index >= 15 is 0 Å². The Balaban J connectivity index is 3.44. The minimum atomic E-state index is 0.103. The molecule has 11 heavy (non-hydrogen) atoms. The van der Waals surface area contributed by atoms with Gasteiger partial charge in [-0.05, 0) is 13.0 Å². The highest BCUT2D eigenvalue weighted by molar-refractivity contribution is 5.82. The first-order valence-corrected chi connectivity index (χ1v) is 3.90. The zero-order chi connectivity index (χ0) is 8.69. The maximum Gasteiger partial charge on any atom is 0.143 e. The lowest BCUT2D eigenvalue weighted by atomic mass is 10.1. The molecule has 0 bridgehead atoms. The lowest BCUT2D eigenvalue weighted by Crippen LogP contribution is -2.31. The van der Waals surface area contributed by atoms with Crippen LogP contribution in [0.1, 0.15) is 20.3 Å². The van der Waals surface area contributed by atoms with Gasteiger partial charge in [-0.1, -0.05) is 19.0 Å². The van der Waals surface area contributed by atoms with Gasteiger partial charge >= 0.3 is 0 Å². The molecule has 0 rings (SSSR count). The van der Waals surface area contributed by atoms with Crippen molar-refractivity contribution >= 4 is 5.84 Å². The lowest BCUT2D eigenvalue weighted by Gasteiger charge is -2.09. The second-order valence-electron chi connectivity index (χ2n) is 2.63. The molecule has 0 amide bonds. The summed E-state index contributed by atoms with van der Waals surface area (Å²) < 4.78 is 0. The predicted octanol–water partition coefficient (Wildman–Crippen LogP) is 0.368. The number of nitrogens with one attached hydrogen (secondary N) is 1. The highest BCUT2D eigenvalue weighted by Crippen LogP contribution is 1.91. The van der Waals surface area contributed by atoms with Crippen molar-refractivity contribution in [3.63, 3.8) is 0 Å². The maximum absolute atomic E-state index is 8.30. The molecule has 0 aromatic rings. The fourth-order valence-electron chi connectivity index (χ4n) is 0.698. The number of rotatable bonds is 5. The Labute approximate surface area is 67.5 Å². The predicted molar refractivity (Wildman–Crippen MR) is 45.7 cm³/mol. The molecular formula is C7H17N3O. The number of amidine groups is 1. The summed E-state index contributed by atoms with van der Waals surface area (Å²) >= 11 is 0. The molecule has 0 aliphatic rings. The molecule has 4 nitrogen and oxygen atoms in total. The first-order chi connectivity index (χ1) is 5.22. The van der Waals surface area contributed by atoms with Gasteiger partial charge in [-0.15, -0.1) is 0 Å². The van der Waals surface area contributed by atoms with E-state index in [0.29, 0.717) is 0 Å². The van der Waals surface area contributed by atoms with Crippen LogP contribution in [0.4, 0.5) is 0 Å². The standard InChI is InChI=1S/C7H17N3O/c1-3-4-9-5-6(2)7(8)10-11/h6,9,11H,3-5H2,1-2H3,(H2,8,10). The zero-order valence-corrected chi connectivity index (χ0v) is 7.17. The van der Waals surface area contributed by atoms with Gasteiger partial charge in [0, 0.05) is 12.5 Å². The molecule has 0 radical (unpaired) electrons. The van der Waals surface area contributed by atoms with Crippen molar-refractivity contribution in [2.75, 3.05) is 13.1 Å². The van der Waals surface area contributed by atoms with Crippen LogP contribution in [0.5, 0.6) is 0 Å². The molecule has 0 aliphatic heterocycles. The highest BCUT2D eigenvalue weighted by Gasteiger charge is 2.05. The quantitative estimate of drug-likeness (QED) is 0.178. The van der Waals surface area contributed by atoms with Crippen LogP contribution in [0.15, 0.2) is 5.16 Å². The van der Waals surface area contributed by atoms with E-state index in [-0.39, 0.29) is 11.8 Å². The van der Waals surface area contributed by atoms with E-state index in [1.54, 1.807) is 0 Å². The number of hydrogen-bond acceptors (Lipinski definition) is 3. The molecule has 4 N–H and O–H groups in total. The van der Waals surface area contributed by atoms with Gasteiger partial charge in [0.1, 0.15) is 5.84 Å². The summed E-state index contributed by atoms with van der Waals surface area (Å²) in [4.78, 5) is 0. The van der Waals surface area contributed by atoms with Crippen molar-refractivity contribution in [1.82, 2.24) is 5.32 Å². The van der Waals surface area contributed by atoms with Gasteiger partial charge in [0.2, 0.25) is 0 Å². The van der Waals surface area contributed by atoms with Crippen molar-refractivity contribution in [3.05, 3.63) is 0 Å². The Hall–Kier alpha value is -0.770. The minimum absolute atomic E-state index is 0.103. The average Bonchev–Trinajstić information content (AvgIpc) is 2.03. The molecule has 0 spiro atoms. The molecule has 1 atom stereocenters. The summed E-state index contributed by atoms with van der Waals surface area (Å²) in [6.45, 7) is 5.76. The fraction of sp³-hybridized carbons (Fsp3) is 0.857. The monoisotopic (exact) mass is 159 g/mol. The third kappa shape index (κ3) is 4.61. The average molecular weight is 159 g/mol. The van der Waals surface area contributed by atoms with Crippen molar-refractivity contribution in [2.24, 2.45) is 16.8 Å². The molecule has 0 saturated heterocycles. The van der Waals surface area contributed by atoms with Crippen molar-refractivity contribution in [3.8, 4) is 0 Å². The fourth-order valence-corrected chi connectivity index (χ4v) is 0.698. The van der Waals surface area contributed by atoms with E-state index in [1.807, 2.05) is 6.92 Å². The number of nitrogens with two attached hydrogens (primary N) is 1. The van der Waals surface area contributed by atoms with E-state index in [0.717, 1.165) is 19.5 Å². The Morgan fingerprint density at radius 2 is 2.36 bits per heavy atom. The van der Waals surface area contributed by atoms with Crippen LogP contribution in [0, 0.1) is 5.92 Å². The second-order valence-corrected chi connectivity index (χ2v) is 2.63. The number of oxime groups is 1. The summed E-state index contributed by atoms with van der Waals surface area (Å²) in [5, 5.41) is 14.4.